The second-order valence-electron chi connectivity index (χ2n) is 10.2. The van der Waals surface area contributed by atoms with Crippen molar-refractivity contribution in [3.05, 3.63) is 53.3 Å². The number of halogens is 2. The molecule has 2 fully saturated rings. The van der Waals surface area contributed by atoms with Crippen molar-refractivity contribution >= 4 is 17.7 Å². The molecule has 2 aromatic rings. The van der Waals surface area contributed by atoms with Crippen LogP contribution in [0, 0.1) is 5.92 Å². The molecule has 2 atom stereocenters. The van der Waals surface area contributed by atoms with E-state index in [0.717, 1.165) is 18.4 Å². The van der Waals surface area contributed by atoms with Gasteiger partial charge < -0.3 is 24.6 Å². The van der Waals surface area contributed by atoms with Gasteiger partial charge in [0.25, 0.3) is 5.91 Å². The fraction of sp³-hybridized carbons (Fsp3) is 0.517. The summed E-state index contributed by atoms with van der Waals surface area (Å²) in [5, 5.41) is 2.85. The third kappa shape index (κ3) is 7.25. The predicted molar refractivity (Wildman–Crippen MR) is 143 cm³/mol. The topological polar surface area (TPSA) is 101 Å². The highest BCUT2D eigenvalue weighted by Crippen LogP contribution is 2.39. The predicted octanol–water partition coefficient (Wildman–Crippen LogP) is 3.97. The molecule has 216 valence electrons. The molecule has 1 aromatic carbocycles. The molecular weight excluding hydrogens is 522 g/mol. The molecule has 1 unspecified atom stereocenters. The Kier molecular flexibility index (Phi) is 9.54. The number of aromatic nitrogens is 1. The van der Waals surface area contributed by atoms with Gasteiger partial charge >= 0.3 is 6.61 Å². The number of amides is 3. The molecule has 1 saturated carbocycles. The van der Waals surface area contributed by atoms with Gasteiger partial charge in [-0.3, -0.25) is 14.4 Å². The Bertz CT molecular complexity index is 1220. The first-order valence-corrected chi connectivity index (χ1v) is 13.7. The SMILES string of the molecule is CCN(CC)C(=O)c1cccc(CNC(=O)[C@H]2CC(c3ccc(OC(F)F)c(OCC4CC4)c3)CN2C(C)=O)n1. The van der Waals surface area contributed by atoms with Crippen molar-refractivity contribution in [3.8, 4) is 11.5 Å². The molecule has 4 rings (SSSR count). The van der Waals surface area contributed by atoms with Crippen LogP contribution in [-0.4, -0.2) is 71.4 Å². The average Bonchev–Trinajstić information content (AvgIpc) is 3.66. The van der Waals surface area contributed by atoms with E-state index in [1.807, 2.05) is 13.8 Å². The number of carbonyl (C=O) groups excluding carboxylic acids is 3. The molecule has 1 aromatic heterocycles. The van der Waals surface area contributed by atoms with Crippen molar-refractivity contribution in [2.75, 3.05) is 26.2 Å². The minimum absolute atomic E-state index is 0.0377. The van der Waals surface area contributed by atoms with Crippen molar-refractivity contribution < 1.29 is 32.6 Å². The van der Waals surface area contributed by atoms with E-state index in [1.165, 1.54) is 17.9 Å². The maximum atomic E-state index is 13.2. The van der Waals surface area contributed by atoms with E-state index in [9.17, 15) is 23.2 Å². The average molecular weight is 559 g/mol. The zero-order valence-electron chi connectivity index (χ0n) is 23.1. The number of hydrogen-bond donors (Lipinski definition) is 1. The van der Waals surface area contributed by atoms with E-state index in [1.54, 1.807) is 35.2 Å². The molecule has 2 aliphatic rings. The van der Waals surface area contributed by atoms with Crippen molar-refractivity contribution in [1.82, 2.24) is 20.1 Å². The highest BCUT2D eigenvalue weighted by Gasteiger charge is 2.39. The monoisotopic (exact) mass is 558 g/mol. The number of alkyl halides is 2. The standard InChI is InChI=1S/C29H36F2N4O5/c1-4-34(5-2)28(38)23-8-6-7-22(33-23)15-32-27(37)24-13-21(16-35(24)18(3)36)20-11-12-25(40-29(30)31)26(14-20)39-17-19-9-10-19/h6-8,11-12,14,19,21,24,29H,4-5,9-10,13,15-17H2,1-3H3,(H,32,37)/t21?,24-/m1/s1. The van der Waals surface area contributed by atoms with Gasteiger partial charge in [0.1, 0.15) is 11.7 Å². The quantitative estimate of drug-likeness (QED) is 0.423. The molecule has 1 aliphatic carbocycles. The normalized spacial score (nSPS) is 18.5. The molecule has 2 heterocycles. The van der Waals surface area contributed by atoms with Crippen LogP contribution in [0.15, 0.2) is 36.4 Å². The van der Waals surface area contributed by atoms with Crippen LogP contribution in [0.2, 0.25) is 0 Å². The van der Waals surface area contributed by atoms with Gasteiger partial charge in [-0.1, -0.05) is 12.1 Å². The minimum Gasteiger partial charge on any atom is -0.489 e. The Morgan fingerprint density at radius 3 is 2.52 bits per heavy atom. The summed E-state index contributed by atoms with van der Waals surface area (Å²) in [7, 11) is 0. The number of benzene rings is 1. The molecule has 1 saturated heterocycles. The van der Waals surface area contributed by atoms with Gasteiger partial charge in [-0.15, -0.1) is 0 Å². The van der Waals surface area contributed by atoms with Gasteiger partial charge in [-0.05, 0) is 68.9 Å². The van der Waals surface area contributed by atoms with Gasteiger partial charge in [0.05, 0.1) is 18.8 Å². The number of nitrogens with zero attached hydrogens (tertiary/aromatic N) is 3. The van der Waals surface area contributed by atoms with E-state index in [0.29, 0.717) is 50.0 Å². The Morgan fingerprint density at radius 1 is 1.12 bits per heavy atom. The molecule has 11 heteroatoms. The van der Waals surface area contributed by atoms with Crippen LogP contribution in [0.1, 0.15) is 67.7 Å². The lowest BCUT2D eigenvalue weighted by Gasteiger charge is -2.22. The van der Waals surface area contributed by atoms with Crippen LogP contribution < -0.4 is 14.8 Å². The first-order chi connectivity index (χ1) is 19.2. The summed E-state index contributed by atoms with van der Waals surface area (Å²) in [6, 6.07) is 9.18. The maximum Gasteiger partial charge on any atom is 0.387 e. The number of rotatable bonds is 12. The number of hydrogen-bond acceptors (Lipinski definition) is 6. The van der Waals surface area contributed by atoms with E-state index in [2.05, 4.69) is 15.0 Å². The Morgan fingerprint density at radius 2 is 1.88 bits per heavy atom. The number of likely N-dealkylation sites (tertiary alicyclic amines) is 1. The first-order valence-electron chi connectivity index (χ1n) is 13.7. The molecule has 1 N–H and O–H groups in total. The summed E-state index contributed by atoms with van der Waals surface area (Å²) in [6.07, 6.45) is 2.45. The first kappa shape index (κ1) is 29.2. The number of carbonyl (C=O) groups is 3. The van der Waals surface area contributed by atoms with Crippen LogP contribution in [-0.2, 0) is 16.1 Å². The summed E-state index contributed by atoms with van der Waals surface area (Å²) in [6.45, 7) is 4.19. The van der Waals surface area contributed by atoms with Crippen LogP contribution in [0.3, 0.4) is 0 Å². The van der Waals surface area contributed by atoms with Gasteiger partial charge in [-0.25, -0.2) is 4.98 Å². The van der Waals surface area contributed by atoms with Gasteiger partial charge in [0.2, 0.25) is 11.8 Å². The summed E-state index contributed by atoms with van der Waals surface area (Å²) < 4.78 is 36.3. The van der Waals surface area contributed by atoms with Crippen molar-refractivity contribution in [1.29, 1.82) is 0 Å². The lowest BCUT2D eigenvalue weighted by molar-refractivity contribution is -0.136. The second kappa shape index (κ2) is 13.1. The molecule has 3 amide bonds. The lowest BCUT2D eigenvalue weighted by atomic mass is 9.95. The van der Waals surface area contributed by atoms with Crippen LogP contribution in [0.25, 0.3) is 0 Å². The van der Waals surface area contributed by atoms with Gasteiger partial charge in [0.15, 0.2) is 11.5 Å². The van der Waals surface area contributed by atoms with E-state index in [-0.39, 0.29) is 41.7 Å². The second-order valence-corrected chi connectivity index (χ2v) is 10.2. The third-order valence-corrected chi connectivity index (χ3v) is 7.36. The van der Waals surface area contributed by atoms with Crippen molar-refractivity contribution in [2.24, 2.45) is 5.92 Å². The molecule has 0 bridgehead atoms. The number of pyridine rings is 1. The van der Waals surface area contributed by atoms with Gasteiger partial charge in [0, 0.05) is 32.5 Å². The van der Waals surface area contributed by atoms with E-state index < -0.39 is 12.7 Å². The van der Waals surface area contributed by atoms with E-state index >= 15 is 0 Å². The molecule has 1 aliphatic heterocycles. The summed E-state index contributed by atoms with van der Waals surface area (Å²) in [5.41, 5.74) is 1.61. The fourth-order valence-corrected chi connectivity index (χ4v) is 4.92. The molecule has 0 spiro atoms. The molecule has 0 radical (unpaired) electrons. The van der Waals surface area contributed by atoms with Crippen molar-refractivity contribution in [3.63, 3.8) is 0 Å². The smallest absolute Gasteiger partial charge is 0.387 e. The summed E-state index contributed by atoms with van der Waals surface area (Å²) >= 11 is 0. The Balaban J connectivity index is 1.44. The maximum absolute atomic E-state index is 13.2. The zero-order chi connectivity index (χ0) is 28.8. The zero-order valence-corrected chi connectivity index (χ0v) is 23.1. The Hall–Kier alpha value is -3.76. The molecule has 40 heavy (non-hydrogen) atoms. The highest BCUT2D eigenvalue weighted by atomic mass is 19.3. The minimum atomic E-state index is -2.98. The van der Waals surface area contributed by atoms with E-state index in [4.69, 9.17) is 4.74 Å². The van der Waals surface area contributed by atoms with Crippen LogP contribution >= 0.6 is 0 Å². The lowest BCUT2D eigenvalue weighted by Crippen LogP contribution is -2.45. The van der Waals surface area contributed by atoms with Crippen molar-refractivity contribution in [2.45, 2.75) is 65.1 Å². The van der Waals surface area contributed by atoms with Gasteiger partial charge in [-0.2, -0.15) is 8.78 Å². The van der Waals surface area contributed by atoms with Crippen LogP contribution in [0.5, 0.6) is 11.5 Å². The summed E-state index contributed by atoms with van der Waals surface area (Å²) in [4.78, 5) is 45.9. The largest absolute Gasteiger partial charge is 0.489 e. The molecular formula is C29H36F2N4O5. The Labute approximate surface area is 232 Å². The number of ether oxygens (including phenoxy) is 2. The summed E-state index contributed by atoms with van der Waals surface area (Å²) in [5.74, 6) is -0.331. The third-order valence-electron chi connectivity index (χ3n) is 7.36. The highest BCUT2D eigenvalue weighted by molar-refractivity contribution is 5.92. The fourth-order valence-electron chi connectivity index (χ4n) is 4.92. The number of nitrogens with one attached hydrogen (secondary N) is 1. The molecule has 9 nitrogen and oxygen atoms in total. The van der Waals surface area contributed by atoms with Crippen LogP contribution in [0.4, 0.5) is 8.78 Å².